The van der Waals surface area contributed by atoms with Gasteiger partial charge in [-0.1, -0.05) is 67.9 Å². The van der Waals surface area contributed by atoms with Gasteiger partial charge in [-0.3, -0.25) is 4.79 Å². The maximum atomic E-state index is 12.2. The summed E-state index contributed by atoms with van der Waals surface area (Å²) >= 11 is 6.11. The van der Waals surface area contributed by atoms with Crippen molar-refractivity contribution < 1.29 is 14.3 Å². The molecule has 1 amide bonds. The van der Waals surface area contributed by atoms with Crippen molar-refractivity contribution in [3.63, 3.8) is 0 Å². The summed E-state index contributed by atoms with van der Waals surface area (Å²) in [6.45, 7) is 5.46. The Morgan fingerprint density at radius 3 is 2.38 bits per heavy atom. The third-order valence-electron chi connectivity index (χ3n) is 4.34. The van der Waals surface area contributed by atoms with Crippen LogP contribution in [0.2, 0.25) is 5.02 Å². The highest BCUT2D eigenvalue weighted by Crippen LogP contribution is 2.22. The zero-order valence-electron chi connectivity index (χ0n) is 16.6. The monoisotopic (exact) mass is 410 g/mol. The van der Waals surface area contributed by atoms with Crippen LogP contribution in [0.15, 0.2) is 54.1 Å². The highest BCUT2D eigenvalue weighted by atomic mass is 35.5. The lowest BCUT2D eigenvalue weighted by Gasteiger charge is -2.15. The summed E-state index contributed by atoms with van der Waals surface area (Å²) in [4.78, 5) is 24.2. The Morgan fingerprint density at radius 1 is 1.14 bits per heavy atom. The first-order chi connectivity index (χ1) is 13.8. The van der Waals surface area contributed by atoms with Gasteiger partial charge in [0.2, 0.25) is 0 Å². The number of benzene rings is 2. The second-order valence-corrected chi connectivity index (χ2v) is 7.29. The first-order valence-electron chi connectivity index (χ1n) is 9.24. The predicted molar refractivity (Wildman–Crippen MR) is 113 cm³/mol. The van der Waals surface area contributed by atoms with Crippen LogP contribution in [0.1, 0.15) is 49.4 Å². The Morgan fingerprint density at radius 2 is 1.79 bits per heavy atom. The van der Waals surface area contributed by atoms with Crippen molar-refractivity contribution in [2.75, 3.05) is 6.61 Å². The lowest BCUT2D eigenvalue weighted by atomic mass is 10.0. The van der Waals surface area contributed by atoms with E-state index in [0.29, 0.717) is 16.5 Å². The molecule has 0 aliphatic carbocycles. The number of carbonyl (C=O) groups is 2. The average Bonchev–Trinajstić information content (AvgIpc) is 2.70. The Kier molecular flexibility index (Phi) is 7.99. The minimum atomic E-state index is -0.846. The van der Waals surface area contributed by atoms with Crippen molar-refractivity contribution in [2.24, 2.45) is 0 Å². The number of amides is 1. The fourth-order valence-corrected chi connectivity index (χ4v) is 2.98. The number of halogens is 1. The van der Waals surface area contributed by atoms with Gasteiger partial charge in [-0.25, -0.2) is 4.79 Å². The lowest BCUT2D eigenvalue weighted by Crippen LogP contribution is -2.31. The van der Waals surface area contributed by atoms with Crippen LogP contribution in [0, 0.1) is 11.3 Å². The molecule has 0 heterocycles. The van der Waals surface area contributed by atoms with E-state index in [-0.39, 0.29) is 11.6 Å². The summed E-state index contributed by atoms with van der Waals surface area (Å²) in [6, 6.07) is 16.2. The molecule has 5 nitrogen and oxygen atoms in total. The van der Waals surface area contributed by atoms with E-state index in [1.807, 2.05) is 36.4 Å². The third-order valence-corrected chi connectivity index (χ3v) is 4.68. The summed E-state index contributed by atoms with van der Waals surface area (Å²) in [7, 11) is 0. The quantitative estimate of drug-likeness (QED) is 0.404. The summed E-state index contributed by atoms with van der Waals surface area (Å²) < 4.78 is 4.98. The van der Waals surface area contributed by atoms with Gasteiger partial charge >= 0.3 is 5.97 Å². The molecule has 2 aromatic carbocycles. The number of hydrogen-bond donors (Lipinski definition) is 1. The molecule has 0 aliphatic rings. The van der Waals surface area contributed by atoms with Crippen molar-refractivity contribution in [1.82, 2.24) is 5.32 Å². The Balaban J connectivity index is 1.94. The van der Waals surface area contributed by atoms with Crippen molar-refractivity contribution in [3.8, 4) is 6.07 Å². The van der Waals surface area contributed by atoms with Crippen LogP contribution in [-0.4, -0.2) is 18.5 Å². The minimum absolute atomic E-state index is 0.172. The number of nitrogens with one attached hydrogen (secondary N) is 1. The average molecular weight is 411 g/mol. The topological polar surface area (TPSA) is 79.2 Å². The first-order valence-corrected chi connectivity index (χ1v) is 9.62. The summed E-state index contributed by atoms with van der Waals surface area (Å²) in [5, 5.41) is 12.5. The number of nitriles is 1. The number of hydrogen-bond acceptors (Lipinski definition) is 4. The van der Waals surface area contributed by atoms with E-state index in [4.69, 9.17) is 16.3 Å². The molecule has 0 saturated carbocycles. The highest BCUT2D eigenvalue weighted by molar-refractivity contribution is 6.31. The summed E-state index contributed by atoms with van der Waals surface area (Å²) in [6.07, 6.45) is 1.44. The number of esters is 1. The first kappa shape index (κ1) is 22.2. The molecule has 150 valence electrons. The molecule has 0 aliphatic heterocycles. The maximum absolute atomic E-state index is 12.2. The fraction of sp³-hybridized carbons (Fsp3) is 0.261. The third kappa shape index (κ3) is 6.48. The molecule has 0 fully saturated rings. The van der Waals surface area contributed by atoms with Crippen LogP contribution >= 0.6 is 11.6 Å². The molecule has 6 heteroatoms. The van der Waals surface area contributed by atoms with Crippen molar-refractivity contribution in [3.05, 3.63) is 75.8 Å². The molecule has 1 atom stereocenters. The molecule has 29 heavy (non-hydrogen) atoms. The predicted octanol–water partition coefficient (Wildman–Crippen LogP) is 4.79. The van der Waals surface area contributed by atoms with Crippen LogP contribution in [0.3, 0.4) is 0 Å². The van der Waals surface area contributed by atoms with E-state index in [2.05, 4.69) is 19.2 Å². The van der Waals surface area contributed by atoms with Crippen molar-refractivity contribution in [1.29, 1.82) is 5.26 Å². The lowest BCUT2D eigenvalue weighted by molar-refractivity contribution is -0.144. The molecule has 0 unspecified atom stereocenters. The van der Waals surface area contributed by atoms with Gasteiger partial charge in [-0.15, -0.1) is 0 Å². The van der Waals surface area contributed by atoms with Crippen LogP contribution < -0.4 is 5.32 Å². The molecule has 0 radical (unpaired) electrons. The van der Waals surface area contributed by atoms with Gasteiger partial charge < -0.3 is 10.1 Å². The number of rotatable bonds is 7. The normalized spacial score (nSPS) is 12.2. The molecular weight excluding hydrogens is 388 g/mol. The highest BCUT2D eigenvalue weighted by Gasteiger charge is 2.16. The maximum Gasteiger partial charge on any atom is 0.349 e. The smallest absolute Gasteiger partial charge is 0.349 e. The Bertz CT molecular complexity index is 943. The van der Waals surface area contributed by atoms with Crippen LogP contribution in [0.5, 0.6) is 0 Å². The van der Waals surface area contributed by atoms with Crippen LogP contribution in [0.4, 0.5) is 0 Å². The van der Waals surface area contributed by atoms with Gasteiger partial charge in [0.05, 0.1) is 6.04 Å². The fourth-order valence-electron chi connectivity index (χ4n) is 2.68. The van der Waals surface area contributed by atoms with Gasteiger partial charge in [0.1, 0.15) is 11.6 Å². The molecule has 1 N–H and O–H groups in total. The molecule has 2 rings (SSSR count). The van der Waals surface area contributed by atoms with E-state index in [1.54, 1.807) is 25.1 Å². The second kappa shape index (κ2) is 10.4. The van der Waals surface area contributed by atoms with Gasteiger partial charge in [-0.05, 0) is 41.7 Å². The number of nitrogens with zero attached hydrogens (tertiary/aromatic N) is 1. The van der Waals surface area contributed by atoms with E-state index < -0.39 is 18.5 Å². The molecule has 0 aromatic heterocycles. The minimum Gasteiger partial charge on any atom is -0.451 e. The Hall–Kier alpha value is -3.10. The number of carbonyl (C=O) groups excluding carboxylic acids is 2. The van der Waals surface area contributed by atoms with E-state index in [0.717, 1.165) is 11.1 Å². The van der Waals surface area contributed by atoms with Crippen LogP contribution in [-0.2, 0) is 14.3 Å². The zero-order chi connectivity index (χ0) is 21.4. The second-order valence-electron chi connectivity index (χ2n) is 6.88. The number of ether oxygens (including phenoxy) is 1. The molecule has 0 bridgehead atoms. The van der Waals surface area contributed by atoms with E-state index in [1.165, 1.54) is 6.08 Å². The summed E-state index contributed by atoms with van der Waals surface area (Å²) in [5.74, 6) is -0.939. The molecule has 2 aromatic rings. The van der Waals surface area contributed by atoms with E-state index >= 15 is 0 Å². The largest absolute Gasteiger partial charge is 0.451 e. The SMILES string of the molecule is CC(C)c1ccc(/C=C(\C#N)C(=O)OCC(=O)N[C@@H](C)c2ccccc2Cl)cc1. The molecular formula is C23H23ClN2O3. The van der Waals surface area contributed by atoms with Gasteiger partial charge in [0.15, 0.2) is 6.61 Å². The van der Waals surface area contributed by atoms with Crippen molar-refractivity contribution in [2.45, 2.75) is 32.7 Å². The van der Waals surface area contributed by atoms with Gasteiger partial charge in [0, 0.05) is 5.02 Å². The standard InChI is InChI=1S/C23H23ClN2O3/c1-15(2)18-10-8-17(9-11-18)12-19(13-25)23(28)29-14-22(27)26-16(3)20-6-4-5-7-21(20)24/h4-12,15-16H,14H2,1-3H3,(H,26,27)/b19-12+/t16-/m0/s1. The van der Waals surface area contributed by atoms with Crippen molar-refractivity contribution >= 4 is 29.6 Å². The zero-order valence-corrected chi connectivity index (χ0v) is 17.4. The molecule has 0 spiro atoms. The van der Waals surface area contributed by atoms with E-state index in [9.17, 15) is 14.9 Å². The van der Waals surface area contributed by atoms with Gasteiger partial charge in [-0.2, -0.15) is 5.26 Å². The van der Waals surface area contributed by atoms with Gasteiger partial charge in [0.25, 0.3) is 5.91 Å². The summed E-state index contributed by atoms with van der Waals surface area (Å²) in [5.41, 5.74) is 2.46. The van der Waals surface area contributed by atoms with Crippen LogP contribution in [0.25, 0.3) is 6.08 Å². The Labute approximate surface area is 175 Å². The molecule has 0 saturated heterocycles.